The standard InChI is InChI=1S/C12H13ClF4N2/c13-8-5-11(10(18)6-9(8)14)19-3-1-7(2-4-19)12(15,16)17/h5-7H,1-4,18H2. The maximum Gasteiger partial charge on any atom is 0.391 e. The van der Waals surface area contributed by atoms with Gasteiger partial charge in [0.15, 0.2) is 0 Å². The normalized spacial score (nSPS) is 17.8. The van der Waals surface area contributed by atoms with Gasteiger partial charge in [-0.1, -0.05) is 11.6 Å². The Labute approximate surface area is 113 Å². The van der Waals surface area contributed by atoms with Crippen molar-refractivity contribution in [2.75, 3.05) is 23.7 Å². The summed E-state index contributed by atoms with van der Waals surface area (Å²) in [5, 5.41) is -0.0813. The van der Waals surface area contributed by atoms with Crippen LogP contribution >= 0.6 is 11.6 Å². The highest BCUT2D eigenvalue weighted by molar-refractivity contribution is 6.31. The lowest BCUT2D eigenvalue weighted by molar-refractivity contribution is -0.179. The molecule has 0 saturated carbocycles. The number of piperidine rings is 1. The van der Waals surface area contributed by atoms with Crippen LogP contribution in [0.5, 0.6) is 0 Å². The summed E-state index contributed by atoms with van der Waals surface area (Å²) < 4.78 is 50.8. The zero-order chi connectivity index (χ0) is 14.2. The van der Waals surface area contributed by atoms with Crippen molar-refractivity contribution in [2.45, 2.75) is 19.0 Å². The Kier molecular flexibility index (Phi) is 3.80. The third-order valence-electron chi connectivity index (χ3n) is 3.37. The van der Waals surface area contributed by atoms with Gasteiger partial charge in [0.25, 0.3) is 0 Å². The van der Waals surface area contributed by atoms with E-state index in [1.165, 1.54) is 6.07 Å². The van der Waals surface area contributed by atoms with Gasteiger partial charge in [-0.05, 0) is 18.9 Å². The molecule has 1 heterocycles. The van der Waals surface area contributed by atoms with E-state index in [2.05, 4.69) is 0 Å². The lowest BCUT2D eigenvalue weighted by Crippen LogP contribution is -2.39. The molecule has 1 saturated heterocycles. The van der Waals surface area contributed by atoms with E-state index in [9.17, 15) is 17.6 Å². The maximum absolute atomic E-state index is 13.2. The van der Waals surface area contributed by atoms with Gasteiger partial charge in [0.05, 0.1) is 22.3 Å². The lowest BCUT2D eigenvalue weighted by atomic mass is 9.96. The van der Waals surface area contributed by atoms with Gasteiger partial charge in [0.1, 0.15) is 5.82 Å². The first-order chi connectivity index (χ1) is 8.79. The van der Waals surface area contributed by atoms with Gasteiger partial charge in [0.2, 0.25) is 0 Å². The third kappa shape index (κ3) is 3.05. The van der Waals surface area contributed by atoms with Gasteiger partial charge in [-0.15, -0.1) is 0 Å². The van der Waals surface area contributed by atoms with Crippen molar-refractivity contribution in [1.29, 1.82) is 0 Å². The fraction of sp³-hybridized carbons (Fsp3) is 0.500. The summed E-state index contributed by atoms with van der Waals surface area (Å²) in [6.07, 6.45) is -4.13. The molecule has 2 nitrogen and oxygen atoms in total. The molecule has 2 N–H and O–H groups in total. The topological polar surface area (TPSA) is 29.3 Å². The second-order valence-corrected chi connectivity index (χ2v) is 5.04. The Morgan fingerprint density at radius 1 is 1.21 bits per heavy atom. The van der Waals surface area contributed by atoms with Gasteiger partial charge < -0.3 is 10.6 Å². The van der Waals surface area contributed by atoms with Gasteiger partial charge >= 0.3 is 6.18 Å². The van der Waals surface area contributed by atoms with Crippen molar-refractivity contribution in [1.82, 2.24) is 0 Å². The fourth-order valence-electron chi connectivity index (χ4n) is 2.27. The van der Waals surface area contributed by atoms with E-state index in [0.29, 0.717) is 5.69 Å². The van der Waals surface area contributed by atoms with Crippen molar-refractivity contribution in [3.8, 4) is 0 Å². The summed E-state index contributed by atoms with van der Waals surface area (Å²) in [5.74, 6) is -1.91. The predicted molar refractivity (Wildman–Crippen MR) is 66.8 cm³/mol. The van der Waals surface area contributed by atoms with Crippen LogP contribution in [0.15, 0.2) is 12.1 Å². The Hall–Kier alpha value is -1.17. The van der Waals surface area contributed by atoms with E-state index in [-0.39, 0.29) is 36.6 Å². The van der Waals surface area contributed by atoms with Gasteiger partial charge in [-0.25, -0.2) is 4.39 Å². The molecule has 0 atom stereocenters. The highest BCUT2D eigenvalue weighted by atomic mass is 35.5. The predicted octanol–water partition coefficient (Wildman–Crippen LogP) is 3.84. The zero-order valence-corrected chi connectivity index (χ0v) is 10.7. The van der Waals surface area contributed by atoms with Crippen LogP contribution < -0.4 is 10.6 Å². The number of hydrogen-bond donors (Lipinski definition) is 1. The number of hydrogen-bond acceptors (Lipinski definition) is 2. The second kappa shape index (κ2) is 5.07. The second-order valence-electron chi connectivity index (χ2n) is 4.63. The minimum absolute atomic E-state index is 0.0118. The van der Waals surface area contributed by atoms with Crippen LogP contribution in [0, 0.1) is 11.7 Å². The number of nitrogens with zero attached hydrogens (tertiary/aromatic N) is 1. The van der Waals surface area contributed by atoms with Crippen LogP contribution in [-0.2, 0) is 0 Å². The molecule has 7 heteroatoms. The molecule has 0 spiro atoms. The van der Waals surface area contributed by atoms with Gasteiger partial charge in [0, 0.05) is 19.2 Å². The van der Waals surface area contributed by atoms with Crippen LogP contribution in [0.2, 0.25) is 5.02 Å². The number of benzene rings is 1. The Morgan fingerprint density at radius 2 is 1.79 bits per heavy atom. The highest BCUT2D eigenvalue weighted by Gasteiger charge is 2.41. The van der Waals surface area contributed by atoms with E-state index in [1.54, 1.807) is 4.90 Å². The van der Waals surface area contributed by atoms with Gasteiger partial charge in [-0.2, -0.15) is 13.2 Å². The van der Waals surface area contributed by atoms with Crippen molar-refractivity contribution in [3.05, 3.63) is 23.0 Å². The molecule has 1 aromatic rings. The molecule has 0 aromatic heterocycles. The summed E-state index contributed by atoms with van der Waals surface area (Å²) in [6, 6.07) is 2.45. The van der Waals surface area contributed by atoms with Crippen LogP contribution in [0.4, 0.5) is 28.9 Å². The molecule has 1 aliphatic heterocycles. The van der Waals surface area contributed by atoms with Crippen molar-refractivity contribution in [2.24, 2.45) is 5.92 Å². The fourth-order valence-corrected chi connectivity index (χ4v) is 2.43. The SMILES string of the molecule is Nc1cc(F)c(Cl)cc1N1CCC(C(F)(F)F)CC1. The van der Waals surface area contributed by atoms with Crippen LogP contribution in [0.3, 0.4) is 0 Å². The molecule has 1 fully saturated rings. The van der Waals surface area contributed by atoms with Gasteiger partial charge in [-0.3, -0.25) is 0 Å². The summed E-state index contributed by atoms with van der Waals surface area (Å²) in [4.78, 5) is 1.71. The number of rotatable bonds is 1. The number of nitrogen functional groups attached to an aromatic ring is 1. The Bertz CT molecular complexity index is 468. The third-order valence-corrected chi connectivity index (χ3v) is 3.66. The first-order valence-electron chi connectivity index (χ1n) is 5.85. The maximum atomic E-state index is 13.2. The molecule has 0 radical (unpaired) electrons. The zero-order valence-electron chi connectivity index (χ0n) is 9.97. The van der Waals surface area contributed by atoms with E-state index < -0.39 is 17.9 Å². The van der Waals surface area contributed by atoms with Crippen molar-refractivity contribution < 1.29 is 17.6 Å². The number of alkyl halides is 3. The molecule has 106 valence electrons. The quantitative estimate of drug-likeness (QED) is 0.630. The summed E-state index contributed by atoms with van der Waals surface area (Å²) in [6.45, 7) is 0.465. The molecule has 0 amide bonds. The minimum Gasteiger partial charge on any atom is -0.397 e. The number of anilines is 2. The first kappa shape index (κ1) is 14.2. The number of halogens is 5. The van der Waals surface area contributed by atoms with Crippen LogP contribution in [0.1, 0.15) is 12.8 Å². The van der Waals surface area contributed by atoms with E-state index in [4.69, 9.17) is 17.3 Å². The summed E-state index contributed by atoms with van der Waals surface area (Å²) in [7, 11) is 0. The molecular weight excluding hydrogens is 284 g/mol. The smallest absolute Gasteiger partial charge is 0.391 e. The average Bonchev–Trinajstić information content (AvgIpc) is 2.33. The Balaban J connectivity index is 2.12. The lowest BCUT2D eigenvalue weighted by Gasteiger charge is -2.35. The van der Waals surface area contributed by atoms with E-state index >= 15 is 0 Å². The summed E-state index contributed by atoms with van der Waals surface area (Å²) in [5.41, 5.74) is 6.36. The molecule has 0 unspecified atom stereocenters. The molecule has 0 bridgehead atoms. The van der Waals surface area contributed by atoms with E-state index in [1.807, 2.05) is 0 Å². The summed E-state index contributed by atoms with van der Waals surface area (Å²) >= 11 is 5.67. The van der Waals surface area contributed by atoms with Crippen LogP contribution in [0.25, 0.3) is 0 Å². The molecule has 0 aliphatic carbocycles. The van der Waals surface area contributed by atoms with Crippen molar-refractivity contribution in [3.63, 3.8) is 0 Å². The Morgan fingerprint density at radius 3 is 2.32 bits per heavy atom. The average molecular weight is 297 g/mol. The minimum atomic E-state index is -4.15. The number of nitrogens with two attached hydrogens (primary N) is 1. The van der Waals surface area contributed by atoms with Crippen LogP contribution in [-0.4, -0.2) is 19.3 Å². The largest absolute Gasteiger partial charge is 0.397 e. The molecule has 1 aromatic carbocycles. The van der Waals surface area contributed by atoms with E-state index in [0.717, 1.165) is 6.07 Å². The monoisotopic (exact) mass is 296 g/mol. The molecule has 2 rings (SSSR count). The highest BCUT2D eigenvalue weighted by Crippen LogP contribution is 2.37. The molecule has 1 aliphatic rings. The molecular formula is C12H13ClF4N2. The van der Waals surface area contributed by atoms with Crippen molar-refractivity contribution >= 4 is 23.0 Å². The first-order valence-corrected chi connectivity index (χ1v) is 6.23. The molecule has 19 heavy (non-hydrogen) atoms.